The van der Waals surface area contributed by atoms with E-state index in [1.807, 2.05) is 0 Å². The van der Waals surface area contributed by atoms with E-state index in [-0.39, 0.29) is 6.61 Å². The maximum atomic E-state index is 10.9. The first-order chi connectivity index (χ1) is 7.14. The standard InChI is InChI=1S/C7H15BrO6S2/c1-15(9,10)13-6-7(4-3-5-8)14-16(2,11)12/h7H,3-6H2,1-2H3/t7-/m0/s1. The highest BCUT2D eigenvalue weighted by atomic mass is 79.9. The van der Waals surface area contributed by atoms with E-state index in [0.717, 1.165) is 12.5 Å². The monoisotopic (exact) mass is 338 g/mol. The molecule has 0 rings (SSSR count). The number of rotatable bonds is 8. The molecule has 0 aliphatic carbocycles. The van der Waals surface area contributed by atoms with Crippen LogP contribution in [-0.2, 0) is 28.6 Å². The van der Waals surface area contributed by atoms with Crippen LogP contribution in [0.15, 0.2) is 0 Å². The van der Waals surface area contributed by atoms with Gasteiger partial charge in [0, 0.05) is 5.33 Å². The molecular formula is C7H15BrO6S2. The Morgan fingerprint density at radius 1 is 1.12 bits per heavy atom. The summed E-state index contributed by atoms with van der Waals surface area (Å²) in [4.78, 5) is 0. The van der Waals surface area contributed by atoms with Crippen LogP contribution >= 0.6 is 15.9 Å². The SMILES string of the molecule is CS(=O)(=O)OC[C@H](CCCBr)OS(C)(=O)=O. The number of alkyl halides is 1. The molecule has 9 heteroatoms. The molecule has 0 unspecified atom stereocenters. The molecule has 0 aromatic carbocycles. The molecule has 0 fully saturated rings. The predicted molar refractivity (Wildman–Crippen MR) is 63.5 cm³/mol. The maximum Gasteiger partial charge on any atom is 0.264 e. The van der Waals surface area contributed by atoms with Crippen molar-refractivity contribution in [1.29, 1.82) is 0 Å². The van der Waals surface area contributed by atoms with Crippen molar-refractivity contribution < 1.29 is 25.2 Å². The molecule has 0 saturated heterocycles. The average molecular weight is 339 g/mol. The largest absolute Gasteiger partial charge is 0.268 e. The van der Waals surface area contributed by atoms with Gasteiger partial charge in [-0.2, -0.15) is 16.8 Å². The van der Waals surface area contributed by atoms with Crippen molar-refractivity contribution in [2.24, 2.45) is 0 Å². The molecule has 0 aliphatic heterocycles. The Bertz CT molecular complexity index is 387. The van der Waals surface area contributed by atoms with Crippen molar-refractivity contribution in [1.82, 2.24) is 0 Å². The van der Waals surface area contributed by atoms with Crippen LogP contribution in [0.4, 0.5) is 0 Å². The third-order valence-corrected chi connectivity index (χ3v) is 3.19. The van der Waals surface area contributed by atoms with E-state index in [1.54, 1.807) is 0 Å². The molecule has 0 aliphatic rings. The Kier molecular flexibility index (Phi) is 7.03. The second kappa shape index (κ2) is 6.90. The van der Waals surface area contributed by atoms with Gasteiger partial charge in [0.2, 0.25) is 0 Å². The minimum absolute atomic E-state index is 0.293. The van der Waals surface area contributed by atoms with Gasteiger partial charge >= 0.3 is 0 Å². The van der Waals surface area contributed by atoms with Gasteiger partial charge in [0.25, 0.3) is 20.2 Å². The molecular weight excluding hydrogens is 324 g/mol. The average Bonchev–Trinajstić information content (AvgIpc) is 2.06. The summed E-state index contributed by atoms with van der Waals surface area (Å²) in [5.74, 6) is 0. The molecule has 1 atom stereocenters. The Morgan fingerprint density at radius 2 is 1.69 bits per heavy atom. The zero-order valence-electron chi connectivity index (χ0n) is 9.05. The number of hydrogen-bond donors (Lipinski definition) is 0. The maximum absolute atomic E-state index is 10.9. The van der Waals surface area contributed by atoms with Gasteiger partial charge in [0.15, 0.2) is 0 Å². The number of halogens is 1. The smallest absolute Gasteiger partial charge is 0.264 e. The third kappa shape index (κ3) is 10.8. The number of hydrogen-bond acceptors (Lipinski definition) is 6. The lowest BCUT2D eigenvalue weighted by atomic mass is 10.2. The van der Waals surface area contributed by atoms with Crippen molar-refractivity contribution in [2.45, 2.75) is 18.9 Å². The van der Waals surface area contributed by atoms with E-state index in [1.165, 1.54) is 0 Å². The van der Waals surface area contributed by atoms with Crippen LogP contribution in [0.1, 0.15) is 12.8 Å². The normalized spacial score (nSPS) is 14.9. The fourth-order valence-corrected chi connectivity index (χ4v) is 2.28. The predicted octanol–water partition coefficient (Wildman–Crippen LogP) is 0.483. The van der Waals surface area contributed by atoms with E-state index < -0.39 is 26.3 Å². The van der Waals surface area contributed by atoms with Crippen molar-refractivity contribution in [2.75, 3.05) is 24.4 Å². The van der Waals surface area contributed by atoms with Crippen LogP contribution in [-0.4, -0.2) is 47.4 Å². The van der Waals surface area contributed by atoms with Gasteiger partial charge in [0.05, 0.1) is 19.1 Å². The van der Waals surface area contributed by atoms with E-state index in [0.29, 0.717) is 18.2 Å². The van der Waals surface area contributed by atoms with E-state index in [2.05, 4.69) is 20.1 Å². The lowest BCUT2D eigenvalue weighted by Gasteiger charge is -2.14. The van der Waals surface area contributed by atoms with Crippen LogP contribution in [0.2, 0.25) is 0 Å². The zero-order chi connectivity index (χ0) is 12.8. The van der Waals surface area contributed by atoms with Crippen LogP contribution in [0.25, 0.3) is 0 Å². The van der Waals surface area contributed by atoms with Crippen LogP contribution in [0, 0.1) is 0 Å². The summed E-state index contributed by atoms with van der Waals surface area (Å²) in [5, 5.41) is 0.676. The molecule has 0 bridgehead atoms. The zero-order valence-corrected chi connectivity index (χ0v) is 12.3. The van der Waals surface area contributed by atoms with Gasteiger partial charge < -0.3 is 0 Å². The summed E-state index contributed by atoms with van der Waals surface area (Å²) in [6, 6.07) is 0. The van der Waals surface area contributed by atoms with Gasteiger partial charge in [-0.3, -0.25) is 8.37 Å². The molecule has 0 aromatic rings. The molecule has 6 nitrogen and oxygen atoms in total. The molecule has 0 aromatic heterocycles. The Morgan fingerprint density at radius 3 is 2.06 bits per heavy atom. The van der Waals surface area contributed by atoms with Crippen molar-refractivity contribution in [3.63, 3.8) is 0 Å². The molecule has 0 amide bonds. The Balaban J connectivity index is 4.32. The molecule has 0 heterocycles. The molecule has 0 saturated carbocycles. The van der Waals surface area contributed by atoms with E-state index in [9.17, 15) is 16.8 Å². The second-order valence-electron chi connectivity index (χ2n) is 3.24. The van der Waals surface area contributed by atoms with Gasteiger partial charge in [-0.1, -0.05) is 15.9 Å². The lowest BCUT2D eigenvalue weighted by molar-refractivity contribution is 0.131. The van der Waals surface area contributed by atoms with Crippen LogP contribution in [0.3, 0.4) is 0 Å². The summed E-state index contributed by atoms with van der Waals surface area (Å²) < 4.78 is 52.5. The molecule has 0 radical (unpaired) electrons. The fourth-order valence-electron chi connectivity index (χ4n) is 0.911. The van der Waals surface area contributed by atoms with E-state index in [4.69, 9.17) is 4.18 Å². The Hall–Kier alpha value is 0.300. The van der Waals surface area contributed by atoms with Crippen molar-refractivity contribution >= 4 is 36.2 Å². The topological polar surface area (TPSA) is 86.7 Å². The third-order valence-electron chi connectivity index (χ3n) is 1.44. The van der Waals surface area contributed by atoms with Crippen molar-refractivity contribution in [3.05, 3.63) is 0 Å². The minimum atomic E-state index is -3.61. The highest BCUT2D eigenvalue weighted by Gasteiger charge is 2.17. The highest BCUT2D eigenvalue weighted by Crippen LogP contribution is 2.09. The molecule has 0 spiro atoms. The summed E-state index contributed by atoms with van der Waals surface area (Å²) >= 11 is 3.18. The first-order valence-corrected chi connectivity index (χ1v) is 9.18. The summed E-state index contributed by atoms with van der Waals surface area (Å²) in [7, 11) is -7.20. The first-order valence-electron chi connectivity index (χ1n) is 4.42. The Labute approximate surface area is 105 Å². The molecule has 16 heavy (non-hydrogen) atoms. The van der Waals surface area contributed by atoms with Gasteiger partial charge in [-0.05, 0) is 12.8 Å². The highest BCUT2D eigenvalue weighted by molar-refractivity contribution is 9.09. The van der Waals surface area contributed by atoms with Crippen LogP contribution in [0.5, 0.6) is 0 Å². The van der Waals surface area contributed by atoms with Crippen molar-refractivity contribution in [3.8, 4) is 0 Å². The minimum Gasteiger partial charge on any atom is -0.268 e. The summed E-state index contributed by atoms with van der Waals surface area (Å²) in [5.41, 5.74) is 0. The van der Waals surface area contributed by atoms with E-state index >= 15 is 0 Å². The lowest BCUT2D eigenvalue weighted by Crippen LogP contribution is -2.24. The summed E-state index contributed by atoms with van der Waals surface area (Å²) in [6.45, 7) is -0.293. The van der Waals surface area contributed by atoms with Crippen LogP contribution < -0.4 is 0 Å². The first kappa shape index (κ1) is 16.3. The molecule has 98 valence electrons. The van der Waals surface area contributed by atoms with Gasteiger partial charge in [0.1, 0.15) is 6.10 Å². The summed E-state index contributed by atoms with van der Waals surface area (Å²) in [6.07, 6.45) is 2.09. The van der Waals surface area contributed by atoms with Gasteiger partial charge in [-0.25, -0.2) is 0 Å². The molecule has 0 N–H and O–H groups in total. The van der Waals surface area contributed by atoms with Gasteiger partial charge in [-0.15, -0.1) is 0 Å². The quantitative estimate of drug-likeness (QED) is 0.472. The fraction of sp³-hybridized carbons (Fsp3) is 1.00. The second-order valence-corrected chi connectivity index (χ2v) is 7.28.